The highest BCUT2D eigenvalue weighted by Crippen LogP contribution is 2.24. The molecule has 1 aliphatic rings. The summed E-state index contributed by atoms with van der Waals surface area (Å²) in [6.07, 6.45) is 2.13. The molecule has 1 heterocycles. The third kappa shape index (κ3) is 2.41. The van der Waals surface area contributed by atoms with Crippen LogP contribution in [0.5, 0.6) is 0 Å². The van der Waals surface area contributed by atoms with E-state index in [1.165, 1.54) is 5.70 Å². The predicted molar refractivity (Wildman–Crippen MR) is 50.5 cm³/mol. The van der Waals surface area contributed by atoms with Crippen molar-refractivity contribution in [2.75, 3.05) is 7.05 Å². The molecule has 0 spiro atoms. The average Bonchev–Trinajstić information content (AvgIpc) is 1.79. The fourth-order valence-electron chi connectivity index (χ4n) is 0.937. The molecule has 1 aliphatic heterocycles. The van der Waals surface area contributed by atoms with Crippen LogP contribution in [0.1, 0.15) is 13.8 Å². The van der Waals surface area contributed by atoms with Gasteiger partial charge in [0, 0.05) is 12.7 Å². The molecule has 1 atom stereocenters. The molecular weight excluding hydrogens is 204 g/mol. The van der Waals surface area contributed by atoms with Gasteiger partial charge < -0.3 is 5.01 Å². The molecule has 0 aromatic rings. The molecule has 0 aromatic carbocycles. The minimum Gasteiger partial charge on any atom is -0.314 e. The van der Waals surface area contributed by atoms with Gasteiger partial charge in [0.05, 0.1) is 0 Å². The number of hydrazine groups is 1. The van der Waals surface area contributed by atoms with Gasteiger partial charge in [0.2, 0.25) is 0 Å². The molecule has 0 fully saturated rings. The Morgan fingerprint density at radius 1 is 1.70 bits per heavy atom. The Labute approximate surface area is 86.3 Å². The molecule has 1 rings (SSSR count). The maximum atomic E-state index is 3.49. The van der Waals surface area contributed by atoms with Gasteiger partial charge in [-0.05, 0) is 19.9 Å². The summed E-state index contributed by atoms with van der Waals surface area (Å²) >= 11 is 3.49. The number of hydrogen-bond donors (Lipinski definition) is 1. The zero-order valence-corrected chi connectivity index (χ0v) is 7.49. The second-order valence-electron chi connectivity index (χ2n) is 2.53. The Balaban J connectivity index is 0.000000810. The van der Waals surface area contributed by atoms with E-state index in [2.05, 4.69) is 41.3 Å². The molecule has 2 nitrogen and oxygen atoms in total. The van der Waals surface area contributed by atoms with E-state index >= 15 is 0 Å². The highest BCUT2D eigenvalue weighted by atomic mass is 79.9. The average molecular weight is 217 g/mol. The Morgan fingerprint density at radius 3 is 2.30 bits per heavy atom. The van der Waals surface area contributed by atoms with E-state index in [1.54, 1.807) is 0 Å². The van der Waals surface area contributed by atoms with Crippen molar-refractivity contribution in [3.8, 4) is 0 Å². The van der Waals surface area contributed by atoms with E-state index in [9.17, 15) is 0 Å². The van der Waals surface area contributed by atoms with E-state index < -0.39 is 0 Å². The van der Waals surface area contributed by atoms with Gasteiger partial charge in [0.15, 0.2) is 0 Å². The molecule has 56 valence electrons. The quantitative estimate of drug-likeness (QED) is 0.362. The Morgan fingerprint density at radius 2 is 2.20 bits per heavy atom. The number of nitrogens with zero attached hydrogens (tertiary/aromatic N) is 1. The molecule has 0 saturated carbocycles. The third-order valence-corrected chi connectivity index (χ3v) is 1.80. The van der Waals surface area contributed by atoms with Crippen LogP contribution in [0.2, 0.25) is 0 Å². The summed E-state index contributed by atoms with van der Waals surface area (Å²) in [6.45, 7) is 4.14. The molecule has 0 aromatic heterocycles. The highest BCUT2D eigenvalue weighted by Gasteiger charge is 2.25. The molecule has 0 radical (unpaired) electrons. The monoisotopic (exact) mass is 216 g/mol. The zero-order chi connectivity index (χ0) is 7.07. The molecule has 0 aliphatic carbocycles. The summed E-state index contributed by atoms with van der Waals surface area (Å²) in [5, 5.41) is 1.99. The van der Waals surface area contributed by atoms with E-state index in [0.717, 1.165) is 0 Å². The second-order valence-corrected chi connectivity index (χ2v) is 4.18. The van der Waals surface area contributed by atoms with Crippen molar-refractivity contribution in [2.45, 2.75) is 18.3 Å². The first kappa shape index (κ1) is 10.7. The first-order valence-corrected chi connectivity index (χ1v) is 3.70. The number of rotatable bonds is 0. The number of nitrogens with one attached hydrogen (secondary N) is 1. The first-order chi connectivity index (χ1) is 4.01. The van der Waals surface area contributed by atoms with E-state index in [-0.39, 0.29) is 27.5 Å². The number of halogens is 1. The van der Waals surface area contributed by atoms with Crippen molar-refractivity contribution in [1.29, 1.82) is 0 Å². The van der Waals surface area contributed by atoms with Crippen LogP contribution in [-0.2, 0) is 0 Å². The molecule has 0 amide bonds. The molecule has 1 unspecified atom stereocenters. The summed E-state index contributed by atoms with van der Waals surface area (Å²) in [4.78, 5) is 0. The summed E-state index contributed by atoms with van der Waals surface area (Å²) in [5.41, 5.74) is 4.45. The number of allylic oxidation sites excluding steroid dienone is 1. The van der Waals surface area contributed by atoms with E-state index in [0.29, 0.717) is 0 Å². The molecule has 10 heavy (non-hydrogen) atoms. The largest absolute Gasteiger partial charge is 0.316 e. The maximum Gasteiger partial charge on any atom is 0.316 e. The Kier molecular flexibility index (Phi) is 3.68. The van der Waals surface area contributed by atoms with Crippen molar-refractivity contribution < 1.29 is 0 Å². The molecule has 4 heteroatoms. The lowest BCUT2D eigenvalue weighted by Crippen LogP contribution is -2.38. The fourth-order valence-corrected chi connectivity index (χ4v) is 1.53. The summed E-state index contributed by atoms with van der Waals surface area (Å²) < 4.78 is -0.0359. The lowest BCUT2D eigenvalue weighted by Gasteiger charge is -2.19. The van der Waals surface area contributed by atoms with Crippen molar-refractivity contribution in [2.24, 2.45) is 0 Å². The predicted octanol–water partition coefficient (Wildman–Crippen LogP) is 0.535. The van der Waals surface area contributed by atoms with Crippen molar-refractivity contribution in [1.82, 2.24) is 10.4 Å². The van der Waals surface area contributed by atoms with Gasteiger partial charge in [-0.15, -0.1) is 0 Å². The summed E-state index contributed by atoms with van der Waals surface area (Å²) in [7, 11) is 2.00. The minimum absolute atomic E-state index is 0. The molecular formula is C6H13BrMgN2. The summed E-state index contributed by atoms with van der Waals surface area (Å²) in [6, 6.07) is 0. The summed E-state index contributed by atoms with van der Waals surface area (Å²) in [5.74, 6) is 0. The van der Waals surface area contributed by atoms with Crippen LogP contribution in [0, 0.1) is 0 Å². The maximum absolute atomic E-state index is 3.49. The van der Waals surface area contributed by atoms with Crippen LogP contribution in [0.15, 0.2) is 11.8 Å². The van der Waals surface area contributed by atoms with Gasteiger partial charge in [-0.1, -0.05) is 15.9 Å². The Hall–Kier alpha value is 0.746. The van der Waals surface area contributed by atoms with Crippen LogP contribution in [0.3, 0.4) is 0 Å². The highest BCUT2D eigenvalue weighted by molar-refractivity contribution is 9.10. The number of alkyl halides is 1. The van der Waals surface area contributed by atoms with Crippen LogP contribution in [0.25, 0.3) is 0 Å². The minimum atomic E-state index is -0.0359. The third-order valence-electron chi connectivity index (χ3n) is 1.40. The lowest BCUT2D eigenvalue weighted by atomic mass is 10.3. The van der Waals surface area contributed by atoms with Crippen molar-refractivity contribution in [3.05, 3.63) is 11.8 Å². The van der Waals surface area contributed by atoms with Crippen LogP contribution in [0.4, 0.5) is 0 Å². The topological polar surface area (TPSA) is 15.3 Å². The molecule has 0 saturated heterocycles. The number of hydrogen-bond acceptors (Lipinski definition) is 2. The van der Waals surface area contributed by atoms with E-state index in [1.807, 2.05) is 12.1 Å². The van der Waals surface area contributed by atoms with Crippen LogP contribution >= 0.6 is 15.9 Å². The van der Waals surface area contributed by atoms with Gasteiger partial charge in [-0.2, -0.15) is 0 Å². The normalized spacial score (nSPS) is 31.6. The second kappa shape index (κ2) is 3.43. The zero-order valence-electron chi connectivity index (χ0n) is 5.90. The van der Waals surface area contributed by atoms with Crippen LogP contribution < -0.4 is 5.43 Å². The van der Waals surface area contributed by atoms with Gasteiger partial charge >= 0.3 is 23.1 Å². The smallest absolute Gasteiger partial charge is 0.314 e. The molecule has 0 bridgehead atoms. The Bertz CT molecular complexity index is 156. The van der Waals surface area contributed by atoms with E-state index in [4.69, 9.17) is 0 Å². The van der Waals surface area contributed by atoms with Gasteiger partial charge in [0.1, 0.15) is 4.45 Å². The van der Waals surface area contributed by atoms with Gasteiger partial charge in [0.25, 0.3) is 0 Å². The first-order valence-electron chi connectivity index (χ1n) is 2.91. The standard InChI is InChI=1S/C6H11BrN2.Mg.2H/c1-5-4-6(2,7)8-9(5)3;;;/h4,8H,1-3H3;;;. The lowest BCUT2D eigenvalue weighted by molar-refractivity contribution is 0.306. The van der Waals surface area contributed by atoms with Crippen LogP contribution in [-0.4, -0.2) is 39.6 Å². The molecule has 1 N–H and O–H groups in total. The van der Waals surface area contributed by atoms with Gasteiger partial charge in [-0.3, -0.25) is 0 Å². The fraction of sp³-hybridized carbons (Fsp3) is 0.667. The van der Waals surface area contributed by atoms with Crippen molar-refractivity contribution in [3.63, 3.8) is 0 Å². The SMILES string of the molecule is CC1=CC(C)(Br)NN1C.[MgH2]. The van der Waals surface area contributed by atoms with Crippen molar-refractivity contribution >= 4 is 39.0 Å². The van der Waals surface area contributed by atoms with Gasteiger partial charge in [-0.25, -0.2) is 5.43 Å².